The van der Waals surface area contributed by atoms with Crippen LogP contribution in [0.3, 0.4) is 0 Å². The summed E-state index contributed by atoms with van der Waals surface area (Å²) in [5.74, 6) is 0.685. The van der Waals surface area contributed by atoms with Crippen LogP contribution in [-0.2, 0) is 32.6 Å². The lowest BCUT2D eigenvalue weighted by Crippen LogP contribution is -2.52. The number of anilines is 1. The van der Waals surface area contributed by atoms with Gasteiger partial charge in [-0.1, -0.05) is 73.0 Å². The van der Waals surface area contributed by atoms with Crippen molar-refractivity contribution in [1.29, 1.82) is 0 Å². The van der Waals surface area contributed by atoms with Crippen molar-refractivity contribution < 1.29 is 27.5 Å². The van der Waals surface area contributed by atoms with E-state index < -0.39 is 16.1 Å². The fourth-order valence-corrected chi connectivity index (χ4v) is 6.81. The van der Waals surface area contributed by atoms with Gasteiger partial charge < -0.3 is 19.7 Å². The highest BCUT2D eigenvalue weighted by Crippen LogP contribution is 2.36. The number of aryl methyl sites for hydroxylation is 1. The van der Waals surface area contributed by atoms with Gasteiger partial charge in [-0.15, -0.1) is 0 Å². The highest BCUT2D eigenvalue weighted by atomic mass is 32.2. The van der Waals surface area contributed by atoms with Crippen LogP contribution in [0.15, 0.2) is 72.8 Å². The molecule has 1 aliphatic heterocycles. The second-order valence-corrected chi connectivity index (χ2v) is 13.6. The van der Waals surface area contributed by atoms with Gasteiger partial charge in [0, 0.05) is 38.0 Å². The van der Waals surface area contributed by atoms with E-state index in [2.05, 4.69) is 5.32 Å². The van der Waals surface area contributed by atoms with E-state index in [1.807, 2.05) is 61.5 Å². The van der Waals surface area contributed by atoms with Gasteiger partial charge in [0.15, 0.2) is 11.5 Å². The third kappa shape index (κ3) is 8.11. The molecule has 0 saturated heterocycles. The van der Waals surface area contributed by atoms with Gasteiger partial charge in [-0.2, -0.15) is 0 Å². The van der Waals surface area contributed by atoms with Crippen molar-refractivity contribution in [1.82, 2.24) is 10.2 Å². The summed E-state index contributed by atoms with van der Waals surface area (Å²) in [6, 6.07) is 22.1. The molecular formula is C34H41N3O6S. The Balaban J connectivity index is 1.37. The van der Waals surface area contributed by atoms with Gasteiger partial charge in [-0.25, -0.2) is 8.42 Å². The Morgan fingerprint density at radius 1 is 0.932 bits per heavy atom. The van der Waals surface area contributed by atoms with E-state index in [4.69, 9.17) is 9.47 Å². The quantitative estimate of drug-likeness (QED) is 0.290. The average Bonchev–Trinajstić information content (AvgIpc) is 3.69. The number of carbonyl (C=O) groups is 2. The topological polar surface area (TPSA) is 105 Å². The molecule has 0 spiro atoms. The van der Waals surface area contributed by atoms with E-state index in [0.717, 1.165) is 48.6 Å². The van der Waals surface area contributed by atoms with Crippen LogP contribution in [0.2, 0.25) is 0 Å². The lowest BCUT2D eigenvalue weighted by Gasteiger charge is -2.33. The lowest BCUT2D eigenvalue weighted by molar-refractivity contribution is -0.141. The van der Waals surface area contributed by atoms with Crippen LogP contribution < -0.4 is 19.1 Å². The minimum Gasteiger partial charge on any atom is -0.454 e. The number of sulfonamides is 1. The molecular weight excluding hydrogens is 578 g/mol. The van der Waals surface area contributed by atoms with Crippen molar-refractivity contribution in [3.63, 3.8) is 0 Å². The first-order valence-electron chi connectivity index (χ1n) is 15.2. The normalized spacial score (nSPS) is 15.1. The molecule has 44 heavy (non-hydrogen) atoms. The molecule has 234 valence electrons. The molecule has 1 heterocycles. The highest BCUT2D eigenvalue weighted by molar-refractivity contribution is 7.92. The van der Waals surface area contributed by atoms with E-state index in [-0.39, 0.29) is 50.6 Å². The molecule has 1 N–H and O–H groups in total. The maximum atomic E-state index is 14.1. The van der Waals surface area contributed by atoms with Gasteiger partial charge in [0.05, 0.1) is 11.9 Å². The summed E-state index contributed by atoms with van der Waals surface area (Å²) in [7, 11) is -3.64. The van der Waals surface area contributed by atoms with E-state index in [0.29, 0.717) is 23.6 Å². The second-order valence-electron chi connectivity index (χ2n) is 11.7. The van der Waals surface area contributed by atoms with Crippen molar-refractivity contribution >= 4 is 27.5 Å². The number of amides is 2. The summed E-state index contributed by atoms with van der Waals surface area (Å²) < 4.78 is 37.6. The van der Waals surface area contributed by atoms with Gasteiger partial charge in [-0.05, 0) is 49.4 Å². The molecule has 2 aliphatic rings. The molecule has 0 radical (unpaired) electrons. The molecule has 1 atom stereocenters. The number of hydrogen-bond acceptors (Lipinski definition) is 6. The van der Waals surface area contributed by atoms with Crippen LogP contribution in [-0.4, -0.2) is 56.8 Å². The molecule has 2 amide bonds. The van der Waals surface area contributed by atoms with Crippen molar-refractivity contribution in [2.45, 2.75) is 70.5 Å². The molecule has 0 bridgehead atoms. The van der Waals surface area contributed by atoms with Crippen LogP contribution in [0, 0.1) is 6.92 Å². The van der Waals surface area contributed by atoms with Gasteiger partial charge in [0.25, 0.3) is 0 Å². The number of carbonyl (C=O) groups excluding carboxylic acids is 2. The first-order chi connectivity index (χ1) is 21.2. The predicted octanol–water partition coefficient (Wildman–Crippen LogP) is 4.97. The van der Waals surface area contributed by atoms with Gasteiger partial charge >= 0.3 is 0 Å². The number of rotatable bonds is 13. The first-order valence-corrected chi connectivity index (χ1v) is 17.1. The van der Waals surface area contributed by atoms with E-state index in [9.17, 15) is 18.0 Å². The van der Waals surface area contributed by atoms with Gasteiger partial charge in [0.1, 0.15) is 6.04 Å². The summed E-state index contributed by atoms with van der Waals surface area (Å²) in [5.41, 5.74) is 3.44. The van der Waals surface area contributed by atoms with Crippen molar-refractivity contribution in [3.8, 4) is 11.5 Å². The molecule has 10 heteroatoms. The molecule has 0 unspecified atom stereocenters. The number of nitrogens with zero attached hydrogens (tertiary/aromatic N) is 2. The smallest absolute Gasteiger partial charge is 0.243 e. The SMILES string of the molecule is Cc1ccc(CN(C(=O)CCCN(c2ccc3c(c2)OCO3)S(C)(=O)=O)[C@H](Cc2ccccc2)C(=O)NC2CCCC2)cc1. The third-order valence-corrected chi connectivity index (χ3v) is 9.44. The zero-order chi connectivity index (χ0) is 31.1. The van der Waals surface area contributed by atoms with E-state index in [1.54, 1.807) is 23.1 Å². The number of fused-ring (bicyclic) bond motifs is 1. The van der Waals surface area contributed by atoms with Crippen molar-refractivity contribution in [2.75, 3.05) is 23.9 Å². The Bertz CT molecular complexity index is 1540. The Morgan fingerprint density at radius 2 is 1.64 bits per heavy atom. The Morgan fingerprint density at radius 3 is 2.34 bits per heavy atom. The fraction of sp³-hybridized carbons (Fsp3) is 0.412. The van der Waals surface area contributed by atoms with E-state index in [1.165, 1.54) is 4.31 Å². The zero-order valence-corrected chi connectivity index (χ0v) is 26.2. The molecule has 9 nitrogen and oxygen atoms in total. The third-order valence-electron chi connectivity index (χ3n) is 8.24. The van der Waals surface area contributed by atoms with Crippen LogP contribution in [0.5, 0.6) is 11.5 Å². The Hall–Kier alpha value is -4.05. The summed E-state index contributed by atoms with van der Waals surface area (Å²) in [6.07, 6.45) is 5.92. The minimum absolute atomic E-state index is 0.0738. The molecule has 1 fully saturated rings. The summed E-state index contributed by atoms with van der Waals surface area (Å²) in [5, 5.41) is 3.22. The maximum absolute atomic E-state index is 14.1. The standard InChI is InChI=1S/C34H41N3O6S/c1-25-14-16-27(17-15-25)23-36(30(21-26-9-4-3-5-10-26)34(39)35-28-11-6-7-12-28)33(38)13-8-20-37(44(2,40)41)29-18-19-31-32(22-29)43-24-42-31/h3-5,9-10,14-19,22,28,30H,6-8,11-13,20-21,23-24H2,1-2H3,(H,35,39)/t30-/m1/s1. The number of ether oxygens (including phenoxy) is 2. The zero-order valence-electron chi connectivity index (χ0n) is 25.4. The van der Waals surface area contributed by atoms with Crippen molar-refractivity contribution in [3.05, 3.63) is 89.5 Å². The average molecular weight is 620 g/mol. The first kappa shape index (κ1) is 31.4. The van der Waals surface area contributed by atoms with Gasteiger partial charge in [-0.3, -0.25) is 13.9 Å². The Kier molecular flexibility index (Phi) is 10.1. The Labute approximate surface area is 260 Å². The van der Waals surface area contributed by atoms with Crippen LogP contribution >= 0.6 is 0 Å². The largest absolute Gasteiger partial charge is 0.454 e. The molecule has 3 aromatic carbocycles. The molecule has 1 saturated carbocycles. The monoisotopic (exact) mass is 619 g/mol. The number of hydrogen-bond donors (Lipinski definition) is 1. The molecule has 5 rings (SSSR count). The fourth-order valence-electron chi connectivity index (χ4n) is 5.86. The van der Waals surface area contributed by atoms with E-state index >= 15 is 0 Å². The summed E-state index contributed by atoms with van der Waals surface area (Å²) in [4.78, 5) is 29.6. The second kappa shape index (κ2) is 14.2. The van der Waals surface area contributed by atoms with Crippen LogP contribution in [0.25, 0.3) is 0 Å². The van der Waals surface area contributed by atoms with Crippen molar-refractivity contribution in [2.24, 2.45) is 0 Å². The van der Waals surface area contributed by atoms with Gasteiger partial charge in [0.2, 0.25) is 28.6 Å². The predicted molar refractivity (Wildman–Crippen MR) is 170 cm³/mol. The van der Waals surface area contributed by atoms with Crippen LogP contribution in [0.4, 0.5) is 5.69 Å². The maximum Gasteiger partial charge on any atom is 0.243 e. The number of benzene rings is 3. The number of nitrogens with one attached hydrogen (secondary N) is 1. The summed E-state index contributed by atoms with van der Waals surface area (Å²) in [6.45, 7) is 2.46. The highest BCUT2D eigenvalue weighted by Gasteiger charge is 2.32. The molecule has 0 aromatic heterocycles. The minimum atomic E-state index is -3.64. The lowest BCUT2D eigenvalue weighted by atomic mass is 10.0. The molecule has 3 aromatic rings. The summed E-state index contributed by atoms with van der Waals surface area (Å²) >= 11 is 0. The molecule has 1 aliphatic carbocycles. The van der Waals surface area contributed by atoms with Crippen LogP contribution in [0.1, 0.15) is 55.2 Å².